The Balaban J connectivity index is 2.18. The molecule has 0 aromatic heterocycles. The van der Waals surface area contributed by atoms with E-state index in [0.29, 0.717) is 6.04 Å². The van der Waals surface area contributed by atoms with Gasteiger partial charge in [0.05, 0.1) is 17.4 Å². The highest BCUT2D eigenvalue weighted by atomic mass is 32.2. The first kappa shape index (κ1) is 11.3. The molecule has 86 valence electrons. The van der Waals surface area contributed by atoms with Gasteiger partial charge in [-0.05, 0) is 19.1 Å². The number of para-hydroxylation sites is 2. The molecule has 1 heterocycles. The smallest absolute Gasteiger partial charge is 0.161 e. The third kappa shape index (κ3) is 2.50. The molecule has 1 aromatic rings. The molecular weight excluding hydrogens is 218 g/mol. The molecule has 16 heavy (non-hydrogen) atoms. The van der Waals surface area contributed by atoms with E-state index >= 15 is 0 Å². The second kappa shape index (κ2) is 4.78. The molecule has 0 saturated heterocycles. The van der Waals surface area contributed by atoms with Crippen LogP contribution in [0.25, 0.3) is 0 Å². The highest BCUT2D eigenvalue weighted by Gasteiger charge is 2.15. The Kier molecular flexibility index (Phi) is 3.39. The molecule has 2 rings (SSSR count). The van der Waals surface area contributed by atoms with Gasteiger partial charge in [0.15, 0.2) is 5.17 Å². The van der Waals surface area contributed by atoms with Crippen LogP contribution in [-0.2, 0) is 0 Å². The lowest BCUT2D eigenvalue weighted by atomic mass is 10.2. The van der Waals surface area contributed by atoms with Crippen molar-refractivity contribution in [1.82, 2.24) is 0 Å². The molecule has 0 amide bonds. The monoisotopic (exact) mass is 235 g/mol. The Morgan fingerprint density at radius 2 is 2.12 bits per heavy atom. The minimum absolute atomic E-state index is 0.430. The fourth-order valence-corrected chi connectivity index (χ4v) is 2.54. The molecule has 1 unspecified atom stereocenters. The molecule has 3 nitrogen and oxygen atoms in total. The molecule has 0 fully saturated rings. The average molecular weight is 235 g/mol. The molecule has 0 spiro atoms. The van der Waals surface area contributed by atoms with Crippen LogP contribution in [-0.4, -0.2) is 31.1 Å². The van der Waals surface area contributed by atoms with E-state index in [1.165, 1.54) is 5.69 Å². The van der Waals surface area contributed by atoms with Gasteiger partial charge >= 0.3 is 0 Å². The lowest BCUT2D eigenvalue weighted by molar-refractivity contribution is 0.865. The van der Waals surface area contributed by atoms with Crippen LogP contribution >= 0.6 is 11.8 Å². The molecule has 1 aliphatic heterocycles. The summed E-state index contributed by atoms with van der Waals surface area (Å²) < 4.78 is 0. The summed E-state index contributed by atoms with van der Waals surface area (Å²) in [6.07, 6.45) is 0. The Morgan fingerprint density at radius 1 is 1.38 bits per heavy atom. The van der Waals surface area contributed by atoms with Crippen molar-refractivity contribution in [3.63, 3.8) is 0 Å². The summed E-state index contributed by atoms with van der Waals surface area (Å²) in [7, 11) is 4.10. The van der Waals surface area contributed by atoms with E-state index < -0.39 is 0 Å². The van der Waals surface area contributed by atoms with Gasteiger partial charge in [0.2, 0.25) is 0 Å². The molecule has 1 aromatic carbocycles. The first-order valence-corrected chi connectivity index (χ1v) is 6.39. The fraction of sp³-hybridized carbons (Fsp3) is 0.417. The van der Waals surface area contributed by atoms with E-state index in [9.17, 15) is 0 Å². The molecular formula is C12H17N3S. The van der Waals surface area contributed by atoms with Crippen molar-refractivity contribution in [2.24, 2.45) is 4.99 Å². The predicted molar refractivity (Wildman–Crippen MR) is 73.7 cm³/mol. The van der Waals surface area contributed by atoms with Gasteiger partial charge in [-0.1, -0.05) is 23.9 Å². The normalized spacial score (nSPS) is 19.4. The Labute approximate surface area is 101 Å². The number of hydrogen-bond donors (Lipinski definition) is 1. The average Bonchev–Trinajstić information content (AvgIpc) is 2.64. The molecule has 1 atom stereocenters. The summed E-state index contributed by atoms with van der Waals surface area (Å²) >= 11 is 1.79. The lowest BCUT2D eigenvalue weighted by Crippen LogP contribution is -2.13. The number of benzene rings is 1. The number of thioether (sulfide) groups is 1. The van der Waals surface area contributed by atoms with Crippen molar-refractivity contribution in [3.05, 3.63) is 24.3 Å². The van der Waals surface area contributed by atoms with Crippen LogP contribution in [0.1, 0.15) is 6.92 Å². The van der Waals surface area contributed by atoms with E-state index in [2.05, 4.69) is 34.3 Å². The molecule has 0 bridgehead atoms. The van der Waals surface area contributed by atoms with Crippen molar-refractivity contribution in [2.45, 2.75) is 13.0 Å². The largest absolute Gasteiger partial charge is 0.376 e. The number of aliphatic imine (C=N–C) groups is 1. The highest BCUT2D eigenvalue weighted by molar-refractivity contribution is 8.14. The van der Waals surface area contributed by atoms with Gasteiger partial charge in [-0.25, -0.2) is 0 Å². The maximum absolute atomic E-state index is 4.53. The first-order valence-electron chi connectivity index (χ1n) is 5.41. The van der Waals surface area contributed by atoms with Crippen molar-refractivity contribution >= 4 is 28.3 Å². The van der Waals surface area contributed by atoms with Crippen molar-refractivity contribution in [2.75, 3.05) is 30.1 Å². The number of amidine groups is 1. The Bertz CT molecular complexity index is 401. The summed E-state index contributed by atoms with van der Waals surface area (Å²) in [6, 6.07) is 8.71. The van der Waals surface area contributed by atoms with Crippen LogP contribution in [0.15, 0.2) is 29.3 Å². The maximum atomic E-state index is 4.53. The van der Waals surface area contributed by atoms with Crippen LogP contribution in [0.3, 0.4) is 0 Å². The van der Waals surface area contributed by atoms with Gasteiger partial charge in [-0.2, -0.15) is 0 Å². The topological polar surface area (TPSA) is 27.6 Å². The fourth-order valence-electron chi connectivity index (χ4n) is 1.63. The van der Waals surface area contributed by atoms with Crippen LogP contribution in [0.2, 0.25) is 0 Å². The number of nitrogens with zero attached hydrogens (tertiary/aromatic N) is 2. The summed E-state index contributed by atoms with van der Waals surface area (Å²) in [4.78, 5) is 6.64. The highest BCUT2D eigenvalue weighted by Crippen LogP contribution is 2.26. The molecule has 1 N–H and O–H groups in total. The van der Waals surface area contributed by atoms with Crippen LogP contribution in [0, 0.1) is 0 Å². The van der Waals surface area contributed by atoms with Gasteiger partial charge in [0.1, 0.15) is 0 Å². The van der Waals surface area contributed by atoms with E-state index in [-0.39, 0.29) is 0 Å². The Hall–Kier alpha value is -1.16. The van der Waals surface area contributed by atoms with Crippen LogP contribution in [0.4, 0.5) is 11.4 Å². The Morgan fingerprint density at radius 3 is 2.75 bits per heavy atom. The molecule has 0 saturated carbocycles. The zero-order chi connectivity index (χ0) is 11.5. The van der Waals surface area contributed by atoms with Crippen molar-refractivity contribution in [3.8, 4) is 0 Å². The van der Waals surface area contributed by atoms with Crippen LogP contribution in [0.5, 0.6) is 0 Å². The summed E-state index contributed by atoms with van der Waals surface area (Å²) in [5.74, 6) is 1.08. The number of rotatable bonds is 2. The zero-order valence-corrected chi connectivity index (χ0v) is 10.7. The summed E-state index contributed by atoms with van der Waals surface area (Å²) in [5.41, 5.74) is 2.30. The van der Waals surface area contributed by atoms with E-state index in [0.717, 1.165) is 16.6 Å². The van der Waals surface area contributed by atoms with Gasteiger partial charge < -0.3 is 10.2 Å². The minimum atomic E-state index is 0.430. The zero-order valence-electron chi connectivity index (χ0n) is 9.90. The first-order chi connectivity index (χ1) is 7.66. The van der Waals surface area contributed by atoms with Crippen molar-refractivity contribution < 1.29 is 0 Å². The van der Waals surface area contributed by atoms with Crippen LogP contribution < -0.4 is 10.2 Å². The molecule has 0 radical (unpaired) electrons. The minimum Gasteiger partial charge on any atom is -0.376 e. The second-order valence-electron chi connectivity index (χ2n) is 4.13. The van der Waals surface area contributed by atoms with Gasteiger partial charge in [0, 0.05) is 19.8 Å². The SMILES string of the molecule is CC1CSC(Nc2ccccc2N(C)C)=N1. The third-order valence-corrected chi connectivity index (χ3v) is 3.56. The van der Waals surface area contributed by atoms with E-state index in [1.54, 1.807) is 11.8 Å². The van der Waals surface area contributed by atoms with Gasteiger partial charge in [-0.15, -0.1) is 0 Å². The third-order valence-electron chi connectivity index (χ3n) is 2.43. The number of hydrogen-bond acceptors (Lipinski definition) is 4. The summed E-state index contributed by atoms with van der Waals surface area (Å²) in [5, 5.41) is 4.42. The van der Waals surface area contributed by atoms with Gasteiger partial charge in [0.25, 0.3) is 0 Å². The molecule has 0 aliphatic carbocycles. The lowest BCUT2D eigenvalue weighted by Gasteiger charge is -2.17. The second-order valence-corrected chi connectivity index (χ2v) is 5.14. The quantitative estimate of drug-likeness (QED) is 0.854. The number of anilines is 2. The standard InChI is InChI=1S/C12H17N3S/c1-9-8-16-12(13-9)14-10-6-4-5-7-11(10)15(2)3/h4-7,9H,8H2,1-3H3,(H,13,14). The maximum Gasteiger partial charge on any atom is 0.161 e. The molecule has 1 aliphatic rings. The predicted octanol–water partition coefficient (Wildman–Crippen LogP) is 2.66. The van der Waals surface area contributed by atoms with E-state index in [4.69, 9.17) is 0 Å². The summed E-state index contributed by atoms with van der Waals surface area (Å²) in [6.45, 7) is 2.14. The van der Waals surface area contributed by atoms with Crippen molar-refractivity contribution in [1.29, 1.82) is 0 Å². The number of nitrogens with one attached hydrogen (secondary N) is 1. The molecule has 4 heteroatoms. The van der Waals surface area contributed by atoms with Gasteiger partial charge in [-0.3, -0.25) is 4.99 Å². The van der Waals surface area contributed by atoms with E-state index in [1.807, 2.05) is 26.2 Å².